The topological polar surface area (TPSA) is 25.8 Å². The molecular weight excluding hydrogens is 302 g/mol. The molecule has 0 spiro atoms. The van der Waals surface area contributed by atoms with Crippen LogP contribution in [0, 0.1) is 11.6 Å². The number of halogens is 3. The van der Waals surface area contributed by atoms with Crippen molar-refractivity contribution >= 4 is 23.4 Å². The van der Waals surface area contributed by atoms with Crippen LogP contribution in [-0.2, 0) is 5.41 Å². The molecule has 0 aliphatic rings. The van der Waals surface area contributed by atoms with Gasteiger partial charge in [-0.15, -0.1) is 0 Å². The Morgan fingerprint density at radius 2 is 1.80 bits per heavy atom. The van der Waals surface area contributed by atoms with E-state index in [0.29, 0.717) is 20.9 Å². The lowest BCUT2D eigenvalue weighted by Crippen LogP contribution is -2.16. The predicted octanol–water partition coefficient (Wildman–Crippen LogP) is 4.86. The van der Waals surface area contributed by atoms with Crippen molar-refractivity contribution in [2.45, 2.75) is 36.1 Å². The van der Waals surface area contributed by atoms with Crippen LogP contribution in [0.1, 0.15) is 26.6 Å². The summed E-state index contributed by atoms with van der Waals surface area (Å²) in [7, 11) is 0. The summed E-state index contributed by atoms with van der Waals surface area (Å²) in [5.41, 5.74) is -0.262. The highest BCUT2D eigenvalue weighted by Gasteiger charge is 2.19. The van der Waals surface area contributed by atoms with E-state index in [1.54, 1.807) is 6.07 Å². The fraction of sp³-hybridized carbons (Fsp3) is 0.286. The van der Waals surface area contributed by atoms with Gasteiger partial charge in [-0.1, -0.05) is 44.1 Å². The van der Waals surface area contributed by atoms with E-state index >= 15 is 0 Å². The average Bonchev–Trinajstić information content (AvgIpc) is 2.31. The van der Waals surface area contributed by atoms with Crippen molar-refractivity contribution in [3.63, 3.8) is 0 Å². The van der Waals surface area contributed by atoms with Crippen molar-refractivity contribution in [2.24, 2.45) is 0 Å². The first-order valence-corrected chi connectivity index (χ1v) is 7.13. The minimum Gasteiger partial charge on any atom is -0.226 e. The van der Waals surface area contributed by atoms with E-state index in [0.717, 1.165) is 17.8 Å². The molecule has 2 aromatic rings. The Bertz CT molecular complexity index is 642. The van der Waals surface area contributed by atoms with Crippen LogP contribution in [0.15, 0.2) is 34.2 Å². The van der Waals surface area contributed by atoms with Gasteiger partial charge < -0.3 is 0 Å². The van der Waals surface area contributed by atoms with Gasteiger partial charge in [0, 0.05) is 22.4 Å². The fourth-order valence-corrected chi connectivity index (χ4v) is 2.52. The molecule has 6 heteroatoms. The van der Waals surface area contributed by atoms with E-state index in [1.807, 2.05) is 20.8 Å². The van der Waals surface area contributed by atoms with E-state index in [9.17, 15) is 8.78 Å². The maximum atomic E-state index is 13.6. The molecule has 0 N–H and O–H groups in total. The molecule has 0 radical (unpaired) electrons. The zero-order chi connectivity index (χ0) is 14.9. The molecule has 0 unspecified atom stereocenters. The molecule has 0 atom stereocenters. The first kappa shape index (κ1) is 15.2. The van der Waals surface area contributed by atoms with Crippen molar-refractivity contribution in [3.05, 3.63) is 46.9 Å². The molecule has 2 rings (SSSR count). The Hall–Kier alpha value is -1.20. The summed E-state index contributed by atoms with van der Waals surface area (Å²) in [6.07, 6.45) is 0. The standard InChI is InChI=1S/C14H13ClF2N2S/c1-14(2,3)13-18-11(15)7-12(19-13)20-10-5-4-8(16)6-9(10)17/h4-7H,1-3H3. The van der Waals surface area contributed by atoms with Gasteiger partial charge in [0.1, 0.15) is 27.6 Å². The first-order chi connectivity index (χ1) is 9.25. The van der Waals surface area contributed by atoms with E-state index in [2.05, 4.69) is 9.97 Å². The maximum absolute atomic E-state index is 13.6. The van der Waals surface area contributed by atoms with Crippen LogP contribution in [0.2, 0.25) is 5.15 Å². The Labute approximate surface area is 125 Å². The van der Waals surface area contributed by atoms with Gasteiger partial charge in [-0.25, -0.2) is 18.7 Å². The van der Waals surface area contributed by atoms with Crippen LogP contribution >= 0.6 is 23.4 Å². The third kappa shape index (κ3) is 3.67. The number of hydrogen-bond acceptors (Lipinski definition) is 3. The van der Waals surface area contributed by atoms with Gasteiger partial charge in [-0.05, 0) is 12.1 Å². The molecule has 2 nitrogen and oxygen atoms in total. The Morgan fingerprint density at radius 3 is 2.40 bits per heavy atom. The first-order valence-electron chi connectivity index (χ1n) is 5.94. The Balaban J connectivity index is 2.36. The Morgan fingerprint density at radius 1 is 1.10 bits per heavy atom. The molecule has 20 heavy (non-hydrogen) atoms. The average molecular weight is 315 g/mol. The third-order valence-corrected chi connectivity index (χ3v) is 3.61. The third-order valence-electron chi connectivity index (χ3n) is 2.45. The summed E-state index contributed by atoms with van der Waals surface area (Å²) in [4.78, 5) is 8.83. The second-order valence-corrected chi connectivity index (χ2v) is 6.73. The number of aromatic nitrogens is 2. The van der Waals surface area contributed by atoms with Crippen molar-refractivity contribution in [2.75, 3.05) is 0 Å². The van der Waals surface area contributed by atoms with Crippen LogP contribution in [0.25, 0.3) is 0 Å². The van der Waals surface area contributed by atoms with Crippen LogP contribution < -0.4 is 0 Å². The number of benzene rings is 1. The molecule has 0 aliphatic heterocycles. The lowest BCUT2D eigenvalue weighted by atomic mass is 9.96. The highest BCUT2D eigenvalue weighted by molar-refractivity contribution is 7.99. The van der Waals surface area contributed by atoms with Crippen molar-refractivity contribution in [3.8, 4) is 0 Å². The second-order valence-electron chi connectivity index (χ2n) is 5.28. The fourth-order valence-electron chi connectivity index (χ4n) is 1.46. The largest absolute Gasteiger partial charge is 0.226 e. The minimum absolute atomic E-state index is 0.262. The highest BCUT2D eigenvalue weighted by Crippen LogP contribution is 2.31. The van der Waals surface area contributed by atoms with Crippen molar-refractivity contribution in [1.82, 2.24) is 9.97 Å². The van der Waals surface area contributed by atoms with Crippen LogP contribution in [0.3, 0.4) is 0 Å². The SMILES string of the molecule is CC(C)(C)c1nc(Cl)cc(Sc2ccc(F)cc2F)n1. The summed E-state index contributed by atoms with van der Waals surface area (Å²) in [5, 5.41) is 0.829. The van der Waals surface area contributed by atoms with E-state index < -0.39 is 11.6 Å². The Kier molecular flexibility index (Phi) is 4.30. The maximum Gasteiger partial charge on any atom is 0.140 e. The minimum atomic E-state index is -0.623. The summed E-state index contributed by atoms with van der Waals surface area (Å²) >= 11 is 7.06. The molecule has 0 saturated heterocycles. The number of rotatable bonds is 2. The molecule has 1 aromatic heterocycles. The van der Waals surface area contributed by atoms with Crippen LogP contribution in [-0.4, -0.2) is 9.97 Å². The second kappa shape index (κ2) is 5.66. The van der Waals surface area contributed by atoms with Crippen LogP contribution in [0.4, 0.5) is 8.78 Å². The van der Waals surface area contributed by atoms with E-state index in [4.69, 9.17) is 11.6 Å². The lowest BCUT2D eigenvalue weighted by molar-refractivity contribution is 0.538. The zero-order valence-electron chi connectivity index (χ0n) is 11.2. The van der Waals surface area contributed by atoms with Gasteiger partial charge in [-0.2, -0.15) is 0 Å². The predicted molar refractivity (Wildman–Crippen MR) is 76.2 cm³/mol. The van der Waals surface area contributed by atoms with Gasteiger partial charge in [0.2, 0.25) is 0 Å². The van der Waals surface area contributed by atoms with Crippen molar-refractivity contribution < 1.29 is 8.78 Å². The van der Waals surface area contributed by atoms with Gasteiger partial charge in [0.05, 0.1) is 0 Å². The number of hydrogen-bond donors (Lipinski definition) is 0. The molecule has 106 valence electrons. The molecule has 0 fully saturated rings. The lowest BCUT2D eigenvalue weighted by Gasteiger charge is -2.17. The normalized spacial score (nSPS) is 11.7. The summed E-state index contributed by atoms with van der Waals surface area (Å²) in [5.74, 6) is -0.653. The zero-order valence-corrected chi connectivity index (χ0v) is 12.8. The van der Waals surface area contributed by atoms with Gasteiger partial charge in [0.15, 0.2) is 0 Å². The van der Waals surface area contributed by atoms with Gasteiger partial charge in [0.25, 0.3) is 0 Å². The molecule has 0 saturated carbocycles. The molecule has 0 amide bonds. The van der Waals surface area contributed by atoms with Crippen molar-refractivity contribution in [1.29, 1.82) is 0 Å². The molecule has 1 heterocycles. The molecule has 0 aliphatic carbocycles. The molecular formula is C14H13ClF2N2S. The number of nitrogens with zero attached hydrogens (tertiary/aromatic N) is 2. The van der Waals surface area contributed by atoms with Gasteiger partial charge in [-0.3, -0.25) is 0 Å². The quantitative estimate of drug-likeness (QED) is 0.741. The molecule has 0 bridgehead atoms. The molecule has 1 aromatic carbocycles. The smallest absolute Gasteiger partial charge is 0.140 e. The summed E-state index contributed by atoms with van der Waals surface area (Å²) < 4.78 is 26.5. The van der Waals surface area contributed by atoms with E-state index in [-0.39, 0.29) is 5.41 Å². The van der Waals surface area contributed by atoms with E-state index in [1.165, 1.54) is 12.1 Å². The summed E-state index contributed by atoms with van der Waals surface area (Å²) in [6, 6.07) is 4.99. The monoisotopic (exact) mass is 314 g/mol. The van der Waals surface area contributed by atoms with Gasteiger partial charge >= 0.3 is 0 Å². The highest BCUT2D eigenvalue weighted by atomic mass is 35.5. The summed E-state index contributed by atoms with van der Waals surface area (Å²) in [6.45, 7) is 5.89. The van der Waals surface area contributed by atoms with Crippen LogP contribution in [0.5, 0.6) is 0 Å².